The number of Topliss-reactive ketones (excluding diaryl/α,β-unsaturated/α-hetero) is 1. The van der Waals surface area contributed by atoms with Crippen molar-refractivity contribution in [2.24, 2.45) is 0 Å². The summed E-state index contributed by atoms with van der Waals surface area (Å²) in [5, 5.41) is 11.6. The van der Waals surface area contributed by atoms with Crippen LogP contribution in [0, 0.1) is 11.3 Å². The number of imide groups is 1. The summed E-state index contributed by atoms with van der Waals surface area (Å²) < 4.78 is 38.6. The number of sulfone groups is 1. The summed E-state index contributed by atoms with van der Waals surface area (Å²) in [6.07, 6.45) is 2.42. The molecule has 1 aliphatic heterocycles. The monoisotopic (exact) mass is 497 g/mol. The first-order chi connectivity index (χ1) is 16.6. The molecule has 4 amide bonds. The van der Waals surface area contributed by atoms with Crippen LogP contribution in [0.3, 0.4) is 0 Å². The Balaban J connectivity index is 2.04. The summed E-state index contributed by atoms with van der Waals surface area (Å²) >= 11 is 0. The van der Waals surface area contributed by atoms with Gasteiger partial charge in [0.05, 0.1) is 16.5 Å². The van der Waals surface area contributed by atoms with E-state index in [0.717, 1.165) is 22.1 Å². The SMILES string of the molecule is CNC(=O)N1C(=O)N(c2cc(CF)ccn2)C2=C(C(=O)CC2)C1c1ccc(C#N)cc1S(C)(=O)=O. The van der Waals surface area contributed by atoms with Crippen molar-refractivity contribution in [3.8, 4) is 6.07 Å². The van der Waals surface area contributed by atoms with Crippen molar-refractivity contribution in [2.45, 2.75) is 30.5 Å². The van der Waals surface area contributed by atoms with E-state index in [9.17, 15) is 32.5 Å². The van der Waals surface area contributed by atoms with Crippen LogP contribution in [0.1, 0.15) is 35.6 Å². The molecule has 1 unspecified atom stereocenters. The summed E-state index contributed by atoms with van der Waals surface area (Å²) in [6, 6.07) is 5.36. The number of carbonyl (C=O) groups excluding carboxylic acids is 3. The number of nitrogens with one attached hydrogen (secondary N) is 1. The second-order valence-corrected chi connectivity index (χ2v) is 10.0. The molecule has 0 spiro atoms. The number of hydrogen-bond acceptors (Lipinski definition) is 7. The largest absolute Gasteiger partial charge is 0.341 e. The normalized spacial score (nSPS) is 17.9. The highest BCUT2D eigenvalue weighted by Crippen LogP contribution is 2.46. The van der Waals surface area contributed by atoms with Gasteiger partial charge in [-0.2, -0.15) is 5.26 Å². The molecule has 1 aliphatic carbocycles. The number of aromatic nitrogens is 1. The molecule has 35 heavy (non-hydrogen) atoms. The van der Waals surface area contributed by atoms with E-state index in [0.29, 0.717) is 0 Å². The van der Waals surface area contributed by atoms with Gasteiger partial charge >= 0.3 is 12.1 Å². The topological polar surface area (TPSA) is 141 Å². The van der Waals surface area contributed by atoms with Crippen molar-refractivity contribution in [3.63, 3.8) is 0 Å². The van der Waals surface area contributed by atoms with Gasteiger partial charge in [-0.3, -0.25) is 4.79 Å². The summed E-state index contributed by atoms with van der Waals surface area (Å²) in [6.45, 7) is -0.812. The van der Waals surface area contributed by atoms with Gasteiger partial charge in [0.25, 0.3) is 0 Å². The van der Waals surface area contributed by atoms with Gasteiger partial charge in [0.1, 0.15) is 18.5 Å². The molecule has 180 valence electrons. The maximum absolute atomic E-state index is 13.8. The van der Waals surface area contributed by atoms with Gasteiger partial charge in [0.2, 0.25) is 0 Å². The van der Waals surface area contributed by atoms with E-state index >= 15 is 0 Å². The number of nitrogens with zero attached hydrogens (tertiary/aromatic N) is 4. The Kier molecular flexibility index (Phi) is 6.12. The summed E-state index contributed by atoms with van der Waals surface area (Å²) in [5.74, 6) is -0.343. The highest BCUT2D eigenvalue weighted by molar-refractivity contribution is 7.90. The predicted molar refractivity (Wildman–Crippen MR) is 121 cm³/mol. The lowest BCUT2D eigenvalue weighted by molar-refractivity contribution is -0.115. The van der Waals surface area contributed by atoms with Gasteiger partial charge < -0.3 is 5.32 Å². The maximum Gasteiger partial charge on any atom is 0.339 e. The van der Waals surface area contributed by atoms with Crippen LogP contribution in [-0.2, 0) is 21.3 Å². The lowest BCUT2D eigenvalue weighted by Crippen LogP contribution is -2.55. The van der Waals surface area contributed by atoms with Crippen LogP contribution in [0.5, 0.6) is 0 Å². The molecule has 2 aromatic rings. The van der Waals surface area contributed by atoms with E-state index in [2.05, 4.69) is 10.3 Å². The number of hydrogen-bond donors (Lipinski definition) is 1. The zero-order valence-corrected chi connectivity index (χ0v) is 19.6. The maximum atomic E-state index is 13.8. The van der Waals surface area contributed by atoms with E-state index in [4.69, 9.17) is 0 Å². The standard InChI is InChI=1S/C23H20FN5O5S/c1-26-22(31)29-21(15-4-3-14(12-25)9-18(15)35(2,33)34)20-16(5-6-17(20)30)28(23(29)32)19-10-13(11-24)7-8-27-19/h3-4,7-10,21H,5-6,11H2,1-2H3,(H,26,31). The van der Waals surface area contributed by atoms with Crippen molar-refractivity contribution in [2.75, 3.05) is 18.2 Å². The third-order valence-electron chi connectivity index (χ3n) is 5.86. The molecular weight excluding hydrogens is 477 g/mol. The van der Waals surface area contributed by atoms with Crippen molar-refractivity contribution < 1.29 is 27.2 Å². The number of urea groups is 2. The molecule has 12 heteroatoms. The second kappa shape index (κ2) is 8.92. The minimum atomic E-state index is -3.93. The number of alkyl halides is 1. The molecule has 0 radical (unpaired) electrons. The molecule has 0 fully saturated rings. The number of halogens is 1. The number of pyridine rings is 1. The molecule has 1 aromatic heterocycles. The zero-order valence-electron chi connectivity index (χ0n) is 18.8. The average molecular weight is 498 g/mol. The summed E-state index contributed by atoms with van der Waals surface area (Å²) in [5.41, 5.74) is 0.641. The van der Waals surface area contributed by atoms with Gasteiger partial charge in [-0.1, -0.05) is 6.07 Å². The highest BCUT2D eigenvalue weighted by Gasteiger charge is 2.49. The third-order valence-corrected chi connectivity index (χ3v) is 7.01. The van der Waals surface area contributed by atoms with Crippen LogP contribution in [0.15, 0.2) is 52.7 Å². The van der Waals surface area contributed by atoms with Crippen LogP contribution in [0.4, 0.5) is 19.8 Å². The third kappa shape index (κ3) is 4.04. The van der Waals surface area contributed by atoms with Crippen LogP contribution in [-0.4, -0.2) is 49.5 Å². The summed E-state index contributed by atoms with van der Waals surface area (Å²) in [7, 11) is -2.64. The van der Waals surface area contributed by atoms with Gasteiger partial charge in [-0.15, -0.1) is 0 Å². The lowest BCUT2D eigenvalue weighted by atomic mass is 9.92. The smallest absolute Gasteiger partial charge is 0.339 e. The Bertz CT molecular complexity index is 1450. The van der Waals surface area contributed by atoms with E-state index in [1.807, 2.05) is 6.07 Å². The van der Waals surface area contributed by atoms with Crippen LogP contribution < -0.4 is 10.2 Å². The summed E-state index contributed by atoms with van der Waals surface area (Å²) in [4.78, 5) is 45.6. The van der Waals surface area contributed by atoms with E-state index < -0.39 is 34.6 Å². The quantitative estimate of drug-likeness (QED) is 0.685. The van der Waals surface area contributed by atoms with Crippen molar-refractivity contribution in [1.29, 1.82) is 5.26 Å². The van der Waals surface area contributed by atoms with Crippen molar-refractivity contribution >= 4 is 33.5 Å². The number of rotatable bonds is 4. The molecule has 1 atom stereocenters. The first kappa shape index (κ1) is 24.0. The molecule has 2 heterocycles. The minimum absolute atomic E-state index is 0.0105. The Morgan fingerprint density at radius 3 is 2.63 bits per heavy atom. The molecule has 0 bridgehead atoms. The Labute approximate surface area is 200 Å². The van der Waals surface area contributed by atoms with Crippen LogP contribution in [0.2, 0.25) is 0 Å². The number of amides is 4. The number of benzene rings is 1. The Morgan fingerprint density at radius 2 is 2.00 bits per heavy atom. The second-order valence-electron chi connectivity index (χ2n) is 8.02. The fraction of sp³-hybridized carbons (Fsp3) is 0.261. The molecule has 0 saturated carbocycles. The molecule has 1 N–H and O–H groups in total. The fourth-order valence-electron chi connectivity index (χ4n) is 4.34. The van der Waals surface area contributed by atoms with Gasteiger partial charge in [0.15, 0.2) is 15.6 Å². The van der Waals surface area contributed by atoms with E-state index in [-0.39, 0.29) is 57.3 Å². The van der Waals surface area contributed by atoms with E-state index in [1.165, 1.54) is 37.5 Å². The zero-order chi connectivity index (χ0) is 25.5. The molecule has 0 saturated heterocycles. The molecule has 1 aromatic carbocycles. The first-order valence-corrected chi connectivity index (χ1v) is 12.4. The number of carbonyl (C=O) groups is 3. The number of anilines is 1. The van der Waals surface area contributed by atoms with Gasteiger partial charge in [-0.05, 0) is 41.8 Å². The number of nitriles is 1. The lowest BCUT2D eigenvalue weighted by Gasteiger charge is -2.40. The van der Waals surface area contributed by atoms with Gasteiger partial charge in [-0.25, -0.2) is 37.2 Å². The number of ketones is 1. The molecule has 2 aliphatic rings. The first-order valence-electron chi connectivity index (χ1n) is 10.5. The van der Waals surface area contributed by atoms with Crippen molar-refractivity contribution in [1.82, 2.24) is 15.2 Å². The fourth-order valence-corrected chi connectivity index (χ4v) is 5.29. The van der Waals surface area contributed by atoms with Crippen LogP contribution in [0.25, 0.3) is 0 Å². The van der Waals surface area contributed by atoms with Crippen LogP contribution >= 0.6 is 0 Å². The molecule has 4 rings (SSSR count). The van der Waals surface area contributed by atoms with Crippen molar-refractivity contribution in [3.05, 3.63) is 64.5 Å². The number of allylic oxidation sites excluding steroid dienone is 1. The van der Waals surface area contributed by atoms with E-state index in [1.54, 1.807) is 0 Å². The predicted octanol–water partition coefficient (Wildman–Crippen LogP) is 2.77. The Hall–Kier alpha value is -4.11. The average Bonchev–Trinajstić information content (AvgIpc) is 3.22. The Morgan fingerprint density at radius 1 is 1.26 bits per heavy atom. The highest BCUT2D eigenvalue weighted by atomic mass is 32.2. The molecular formula is C23H20FN5O5S. The molecule has 10 nitrogen and oxygen atoms in total. The minimum Gasteiger partial charge on any atom is -0.341 e. The van der Waals surface area contributed by atoms with Gasteiger partial charge in [0, 0.05) is 37.2 Å².